The van der Waals surface area contributed by atoms with Crippen molar-refractivity contribution in [3.63, 3.8) is 0 Å². The van der Waals surface area contributed by atoms with Crippen LogP contribution in [0.25, 0.3) is 5.57 Å². The van der Waals surface area contributed by atoms with Crippen molar-refractivity contribution in [2.75, 3.05) is 5.73 Å². The summed E-state index contributed by atoms with van der Waals surface area (Å²) in [5.74, 6) is 0. The Morgan fingerprint density at radius 3 is 2.12 bits per heavy atom. The zero-order chi connectivity index (χ0) is 23.5. The van der Waals surface area contributed by atoms with E-state index in [1.807, 2.05) is 18.2 Å². The highest BCUT2D eigenvalue weighted by atomic mass is 14.5. The van der Waals surface area contributed by atoms with Crippen molar-refractivity contribution in [1.29, 1.82) is 0 Å². The molecule has 0 unspecified atom stereocenters. The van der Waals surface area contributed by atoms with E-state index >= 15 is 0 Å². The highest BCUT2D eigenvalue weighted by Gasteiger charge is 2.41. The van der Waals surface area contributed by atoms with Crippen LogP contribution < -0.4 is 5.73 Å². The fourth-order valence-corrected chi connectivity index (χ4v) is 5.52. The zero-order valence-electron chi connectivity index (χ0n) is 20.9. The minimum atomic E-state index is 0.159. The van der Waals surface area contributed by atoms with E-state index in [9.17, 15) is 0 Å². The number of hydrogen-bond donors (Lipinski definition) is 1. The molecule has 176 valence electrons. The van der Waals surface area contributed by atoms with E-state index in [2.05, 4.69) is 69.0 Å². The van der Waals surface area contributed by atoms with E-state index in [-0.39, 0.29) is 5.41 Å². The molecule has 0 aliphatic heterocycles. The van der Waals surface area contributed by atoms with Gasteiger partial charge in [-0.05, 0) is 53.7 Å². The van der Waals surface area contributed by atoms with Crippen LogP contribution in [0.3, 0.4) is 0 Å². The molecule has 2 N–H and O–H groups in total. The van der Waals surface area contributed by atoms with E-state index in [0.29, 0.717) is 0 Å². The van der Waals surface area contributed by atoms with Crippen LogP contribution in [0.5, 0.6) is 0 Å². The van der Waals surface area contributed by atoms with Crippen molar-refractivity contribution < 1.29 is 0 Å². The summed E-state index contributed by atoms with van der Waals surface area (Å²) in [7, 11) is 0. The van der Waals surface area contributed by atoms with Gasteiger partial charge in [-0.3, -0.25) is 0 Å². The molecule has 0 heterocycles. The Bertz CT molecular complexity index is 933. The Hall–Kier alpha value is -2.54. The molecule has 3 rings (SSSR count). The van der Waals surface area contributed by atoms with Gasteiger partial charge in [0.1, 0.15) is 0 Å². The molecule has 0 saturated carbocycles. The Balaban J connectivity index is 2.04. The summed E-state index contributed by atoms with van der Waals surface area (Å²) < 4.78 is 0. The van der Waals surface area contributed by atoms with Gasteiger partial charge in [0.05, 0.1) is 0 Å². The number of allylic oxidation sites excluding steroid dienone is 5. The lowest BCUT2D eigenvalue weighted by molar-refractivity contribution is 0.394. The second kappa shape index (κ2) is 12.6. The number of benzene rings is 2. The van der Waals surface area contributed by atoms with Crippen LogP contribution in [-0.2, 0) is 11.8 Å². The number of rotatable bonds is 13. The summed E-state index contributed by atoms with van der Waals surface area (Å²) in [6.07, 6.45) is 20.6. The Morgan fingerprint density at radius 2 is 1.52 bits per heavy atom. The molecule has 0 spiro atoms. The minimum absolute atomic E-state index is 0.159. The molecule has 0 amide bonds. The lowest BCUT2D eigenvalue weighted by atomic mass is 9.70. The van der Waals surface area contributed by atoms with Crippen LogP contribution >= 0.6 is 0 Å². The van der Waals surface area contributed by atoms with Gasteiger partial charge in [-0.2, -0.15) is 0 Å². The first-order chi connectivity index (χ1) is 16.1. The molecule has 0 radical (unpaired) electrons. The number of hydrogen-bond acceptors (Lipinski definition) is 1. The monoisotopic (exact) mass is 441 g/mol. The molecular weight excluding hydrogens is 398 g/mol. The highest BCUT2D eigenvalue weighted by Crippen LogP contribution is 2.50. The number of fused-ring (bicyclic) bond motifs is 1. The predicted molar refractivity (Wildman–Crippen MR) is 146 cm³/mol. The van der Waals surface area contributed by atoms with Gasteiger partial charge in [0.15, 0.2) is 0 Å². The molecule has 0 saturated heterocycles. The van der Waals surface area contributed by atoms with Crippen LogP contribution in [0.2, 0.25) is 0 Å². The van der Waals surface area contributed by atoms with Crippen molar-refractivity contribution in [3.05, 3.63) is 95.6 Å². The van der Waals surface area contributed by atoms with Crippen LogP contribution in [0, 0.1) is 0 Å². The molecule has 1 aliphatic carbocycles. The summed E-state index contributed by atoms with van der Waals surface area (Å²) in [6, 6.07) is 17.5. The Kier molecular flexibility index (Phi) is 9.61. The van der Waals surface area contributed by atoms with E-state index in [1.165, 1.54) is 80.9 Å². The van der Waals surface area contributed by atoms with Crippen molar-refractivity contribution in [1.82, 2.24) is 0 Å². The lowest BCUT2D eigenvalue weighted by Gasteiger charge is -2.34. The average Bonchev–Trinajstić information content (AvgIpc) is 3.13. The molecule has 2 aromatic rings. The smallest absolute Gasteiger partial charge is 0.0314 e. The summed E-state index contributed by atoms with van der Waals surface area (Å²) >= 11 is 0. The fraction of sp³-hybridized carbons (Fsp3) is 0.438. The second-order valence-electron chi connectivity index (χ2n) is 9.69. The molecular formula is C32H43N. The molecule has 0 atom stereocenters. The normalized spacial score (nSPS) is 16.2. The molecule has 0 bridgehead atoms. The third kappa shape index (κ3) is 6.28. The number of nitrogens with two attached hydrogens (primary N) is 1. The molecule has 0 aromatic heterocycles. The zero-order valence-corrected chi connectivity index (χ0v) is 20.9. The molecule has 2 aromatic carbocycles. The molecule has 33 heavy (non-hydrogen) atoms. The molecule has 0 fully saturated rings. The maximum absolute atomic E-state index is 5.97. The highest BCUT2D eigenvalue weighted by molar-refractivity contribution is 5.78. The quantitative estimate of drug-likeness (QED) is 0.187. The predicted octanol–water partition coefficient (Wildman–Crippen LogP) is 9.20. The van der Waals surface area contributed by atoms with Crippen LogP contribution in [0.4, 0.5) is 5.69 Å². The number of unbranched alkanes of at least 4 members (excludes halogenated alkanes) is 6. The van der Waals surface area contributed by atoms with E-state index < -0.39 is 0 Å². The van der Waals surface area contributed by atoms with E-state index in [1.54, 1.807) is 11.1 Å². The number of nitrogen functional groups attached to an aromatic ring is 1. The topological polar surface area (TPSA) is 26.0 Å². The molecule has 1 nitrogen and oxygen atoms in total. The molecule has 1 heteroatoms. The SMILES string of the molecule is C=C/C=C(\C=C1/Cc2ccccc2C1(CCCCCC)CCCCCC)c1ccc(N)cc1. The van der Waals surface area contributed by atoms with Crippen LogP contribution in [0.1, 0.15) is 94.7 Å². The maximum atomic E-state index is 5.97. The third-order valence-electron chi connectivity index (χ3n) is 7.31. The minimum Gasteiger partial charge on any atom is -0.399 e. The largest absolute Gasteiger partial charge is 0.399 e. The van der Waals surface area contributed by atoms with Crippen LogP contribution in [0.15, 0.2) is 78.9 Å². The summed E-state index contributed by atoms with van der Waals surface area (Å²) in [5, 5.41) is 0. The Morgan fingerprint density at radius 1 is 0.879 bits per heavy atom. The van der Waals surface area contributed by atoms with Crippen molar-refractivity contribution in [2.45, 2.75) is 89.9 Å². The first kappa shape index (κ1) is 25.1. The number of anilines is 1. The third-order valence-corrected chi connectivity index (χ3v) is 7.31. The average molecular weight is 442 g/mol. The van der Waals surface area contributed by atoms with Gasteiger partial charge >= 0.3 is 0 Å². The van der Waals surface area contributed by atoms with Crippen molar-refractivity contribution in [3.8, 4) is 0 Å². The van der Waals surface area contributed by atoms with Gasteiger partial charge in [0.25, 0.3) is 0 Å². The van der Waals surface area contributed by atoms with Gasteiger partial charge in [-0.15, -0.1) is 0 Å². The summed E-state index contributed by atoms with van der Waals surface area (Å²) in [4.78, 5) is 0. The van der Waals surface area contributed by atoms with E-state index in [4.69, 9.17) is 5.73 Å². The van der Waals surface area contributed by atoms with Gasteiger partial charge in [0.2, 0.25) is 0 Å². The summed E-state index contributed by atoms with van der Waals surface area (Å²) in [5.41, 5.74) is 14.1. The van der Waals surface area contributed by atoms with Gasteiger partial charge < -0.3 is 5.73 Å². The molecule has 1 aliphatic rings. The van der Waals surface area contributed by atoms with Gasteiger partial charge in [-0.25, -0.2) is 0 Å². The Labute approximate surface area is 202 Å². The van der Waals surface area contributed by atoms with Gasteiger partial charge in [0, 0.05) is 11.1 Å². The van der Waals surface area contributed by atoms with Crippen LogP contribution in [-0.4, -0.2) is 0 Å². The second-order valence-corrected chi connectivity index (χ2v) is 9.69. The van der Waals surface area contributed by atoms with Crippen molar-refractivity contribution in [2.24, 2.45) is 0 Å². The maximum Gasteiger partial charge on any atom is 0.0314 e. The fourth-order valence-electron chi connectivity index (χ4n) is 5.52. The van der Waals surface area contributed by atoms with E-state index in [0.717, 1.165) is 12.1 Å². The van der Waals surface area contributed by atoms with Gasteiger partial charge in [-0.1, -0.05) is 132 Å². The summed E-state index contributed by atoms with van der Waals surface area (Å²) in [6.45, 7) is 8.61. The first-order valence-electron chi connectivity index (χ1n) is 13.1. The standard InChI is InChI=1S/C32H43N/c1-4-7-9-13-22-32(23-14-10-8-5-2)29(25-28-16-11-12-17-31(28)32)24-27(15-6-3)26-18-20-30(33)21-19-26/h6,11-12,15-21,24H,3-5,7-10,13-14,22-23,25,33H2,1-2H3/b27-15+,29-24+. The van der Waals surface area contributed by atoms with Crippen molar-refractivity contribution >= 4 is 11.3 Å². The lowest BCUT2D eigenvalue weighted by Crippen LogP contribution is -2.26. The first-order valence-corrected chi connectivity index (χ1v) is 13.1.